The summed E-state index contributed by atoms with van der Waals surface area (Å²) in [6.45, 7) is 3.84. The highest BCUT2D eigenvalue weighted by Gasteiger charge is 2.07. The molecule has 0 amide bonds. The molecule has 0 unspecified atom stereocenters. The van der Waals surface area contributed by atoms with Gasteiger partial charge in [-0.15, -0.1) is 0 Å². The van der Waals surface area contributed by atoms with Crippen LogP contribution in [0, 0.1) is 13.8 Å². The first-order valence-corrected chi connectivity index (χ1v) is 4.43. The molecule has 1 aromatic carbocycles. The number of aromatic amines is 1. The first-order valence-electron chi connectivity index (χ1n) is 4.43. The summed E-state index contributed by atoms with van der Waals surface area (Å²) in [5, 5.41) is 0. The Morgan fingerprint density at radius 3 is 2.29 bits per heavy atom. The third-order valence-electron chi connectivity index (χ3n) is 2.14. The Labute approximate surface area is 81.4 Å². The van der Waals surface area contributed by atoms with E-state index in [1.54, 1.807) is 0 Å². The van der Waals surface area contributed by atoms with Crippen LogP contribution < -0.4 is 5.76 Å². The number of H-pyrrole nitrogens is 1. The monoisotopic (exact) mass is 189 g/mol. The Hall–Kier alpha value is -1.77. The van der Waals surface area contributed by atoms with Gasteiger partial charge in [0.15, 0.2) is 5.76 Å². The number of aromatic nitrogens is 1. The number of benzene rings is 1. The maximum absolute atomic E-state index is 10.9. The van der Waals surface area contributed by atoms with Crippen molar-refractivity contribution in [1.29, 1.82) is 0 Å². The van der Waals surface area contributed by atoms with Gasteiger partial charge in [-0.3, -0.25) is 4.98 Å². The summed E-state index contributed by atoms with van der Waals surface area (Å²) in [4.78, 5) is 13.5. The summed E-state index contributed by atoms with van der Waals surface area (Å²) in [5.41, 5.74) is 2.87. The standard InChI is InChI=1S/C11H11NO2/c1-7-3-5-9(6-4-7)10-8(2)12-11(13)14-10/h3-6H,1-2H3,(H,12,13). The van der Waals surface area contributed by atoms with Crippen LogP contribution in [0.4, 0.5) is 0 Å². The van der Waals surface area contributed by atoms with Crippen molar-refractivity contribution in [3.05, 3.63) is 46.1 Å². The number of nitrogens with one attached hydrogen (secondary N) is 1. The molecule has 3 heteroatoms. The second-order valence-corrected chi connectivity index (χ2v) is 3.33. The highest BCUT2D eigenvalue weighted by molar-refractivity contribution is 5.59. The summed E-state index contributed by atoms with van der Waals surface area (Å²) >= 11 is 0. The van der Waals surface area contributed by atoms with Crippen LogP contribution in [0.5, 0.6) is 0 Å². The molecule has 3 nitrogen and oxygen atoms in total. The summed E-state index contributed by atoms with van der Waals surface area (Å²) in [6, 6.07) is 7.85. The first-order chi connectivity index (χ1) is 6.66. The van der Waals surface area contributed by atoms with Gasteiger partial charge in [0, 0.05) is 5.56 Å². The number of aryl methyl sites for hydroxylation is 2. The average Bonchev–Trinajstić information content (AvgIpc) is 2.47. The third-order valence-corrected chi connectivity index (χ3v) is 2.14. The van der Waals surface area contributed by atoms with E-state index in [0.717, 1.165) is 11.3 Å². The topological polar surface area (TPSA) is 46.0 Å². The fourth-order valence-electron chi connectivity index (χ4n) is 1.38. The van der Waals surface area contributed by atoms with Crippen LogP contribution in [-0.4, -0.2) is 4.98 Å². The number of hydrogen-bond acceptors (Lipinski definition) is 2. The third kappa shape index (κ3) is 1.48. The van der Waals surface area contributed by atoms with Gasteiger partial charge in [-0.2, -0.15) is 0 Å². The molecule has 72 valence electrons. The zero-order valence-electron chi connectivity index (χ0n) is 8.13. The van der Waals surface area contributed by atoms with Crippen molar-refractivity contribution >= 4 is 0 Å². The van der Waals surface area contributed by atoms with Crippen LogP contribution >= 0.6 is 0 Å². The predicted octanol–water partition coefficient (Wildman–Crippen LogP) is 2.25. The molecule has 0 fully saturated rings. The Morgan fingerprint density at radius 1 is 1.14 bits per heavy atom. The van der Waals surface area contributed by atoms with E-state index in [-0.39, 0.29) is 0 Å². The van der Waals surface area contributed by atoms with Gasteiger partial charge in [-0.25, -0.2) is 4.79 Å². The summed E-state index contributed by atoms with van der Waals surface area (Å²) in [5.74, 6) is 0.216. The maximum atomic E-state index is 10.9. The number of oxazole rings is 1. The van der Waals surface area contributed by atoms with Gasteiger partial charge in [-0.05, 0) is 13.8 Å². The summed E-state index contributed by atoms with van der Waals surface area (Å²) in [6.07, 6.45) is 0. The smallest absolute Gasteiger partial charge is 0.408 e. The molecule has 14 heavy (non-hydrogen) atoms. The quantitative estimate of drug-likeness (QED) is 0.747. The zero-order chi connectivity index (χ0) is 10.1. The zero-order valence-corrected chi connectivity index (χ0v) is 8.13. The normalized spacial score (nSPS) is 10.4. The van der Waals surface area contributed by atoms with Gasteiger partial charge >= 0.3 is 5.76 Å². The fraction of sp³-hybridized carbons (Fsp3) is 0.182. The van der Waals surface area contributed by atoms with E-state index >= 15 is 0 Å². The van der Waals surface area contributed by atoms with Gasteiger partial charge in [0.1, 0.15) is 0 Å². The lowest BCUT2D eigenvalue weighted by Gasteiger charge is -1.97. The molecule has 0 saturated carbocycles. The van der Waals surface area contributed by atoms with Crippen LogP contribution in [0.1, 0.15) is 11.3 Å². The van der Waals surface area contributed by atoms with Crippen molar-refractivity contribution in [3.8, 4) is 11.3 Å². The van der Waals surface area contributed by atoms with Crippen molar-refractivity contribution in [2.75, 3.05) is 0 Å². The molecule has 2 aromatic rings. The molecule has 1 N–H and O–H groups in total. The molecule has 2 rings (SSSR count). The lowest BCUT2D eigenvalue weighted by Crippen LogP contribution is -1.94. The molecule has 0 aliphatic carbocycles. The van der Waals surface area contributed by atoms with E-state index in [4.69, 9.17) is 4.42 Å². The second kappa shape index (κ2) is 3.18. The molecule has 0 saturated heterocycles. The molecule has 1 heterocycles. The largest absolute Gasteiger partial charge is 0.417 e. The van der Waals surface area contributed by atoms with Gasteiger partial charge in [0.25, 0.3) is 0 Å². The van der Waals surface area contributed by atoms with Crippen molar-refractivity contribution in [1.82, 2.24) is 4.98 Å². The van der Waals surface area contributed by atoms with E-state index < -0.39 is 5.76 Å². The van der Waals surface area contributed by atoms with Gasteiger partial charge < -0.3 is 4.42 Å². The van der Waals surface area contributed by atoms with Crippen LogP contribution in [0.15, 0.2) is 33.5 Å². The highest BCUT2D eigenvalue weighted by Crippen LogP contribution is 2.20. The molecule has 1 aromatic heterocycles. The van der Waals surface area contributed by atoms with E-state index in [9.17, 15) is 4.79 Å². The van der Waals surface area contributed by atoms with Gasteiger partial charge in [0.2, 0.25) is 0 Å². The Morgan fingerprint density at radius 2 is 1.79 bits per heavy atom. The van der Waals surface area contributed by atoms with Gasteiger partial charge in [-0.1, -0.05) is 29.8 Å². The first kappa shape index (κ1) is 8.81. The molecule has 0 atom stereocenters. The van der Waals surface area contributed by atoms with Crippen molar-refractivity contribution < 1.29 is 4.42 Å². The van der Waals surface area contributed by atoms with E-state index in [2.05, 4.69) is 4.98 Å². The minimum Gasteiger partial charge on any atom is -0.408 e. The predicted molar refractivity (Wildman–Crippen MR) is 54.2 cm³/mol. The molecule has 0 radical (unpaired) electrons. The molecule has 0 spiro atoms. The second-order valence-electron chi connectivity index (χ2n) is 3.33. The minimum absolute atomic E-state index is 0.405. The Bertz CT molecular complexity index is 491. The summed E-state index contributed by atoms with van der Waals surface area (Å²) in [7, 11) is 0. The van der Waals surface area contributed by atoms with E-state index in [1.165, 1.54) is 5.56 Å². The van der Waals surface area contributed by atoms with Crippen molar-refractivity contribution in [2.24, 2.45) is 0 Å². The summed E-state index contributed by atoms with van der Waals surface area (Å²) < 4.78 is 5.03. The van der Waals surface area contributed by atoms with Crippen molar-refractivity contribution in [2.45, 2.75) is 13.8 Å². The number of hydrogen-bond donors (Lipinski definition) is 1. The van der Waals surface area contributed by atoms with Crippen molar-refractivity contribution in [3.63, 3.8) is 0 Å². The van der Waals surface area contributed by atoms with Crippen LogP contribution in [0.25, 0.3) is 11.3 Å². The van der Waals surface area contributed by atoms with E-state index in [0.29, 0.717) is 5.76 Å². The number of rotatable bonds is 1. The molecular weight excluding hydrogens is 178 g/mol. The Balaban J connectivity index is 2.54. The SMILES string of the molecule is Cc1ccc(-c2oc(=O)[nH]c2C)cc1. The molecule has 0 bridgehead atoms. The van der Waals surface area contributed by atoms with Gasteiger partial charge in [0.05, 0.1) is 5.69 Å². The molecule has 0 aliphatic heterocycles. The van der Waals surface area contributed by atoms with Crippen LogP contribution in [0.3, 0.4) is 0 Å². The highest BCUT2D eigenvalue weighted by atomic mass is 16.4. The van der Waals surface area contributed by atoms with Crippen LogP contribution in [0.2, 0.25) is 0 Å². The lowest BCUT2D eigenvalue weighted by atomic mass is 10.1. The minimum atomic E-state index is -0.405. The molecule has 0 aliphatic rings. The van der Waals surface area contributed by atoms with Crippen LogP contribution in [-0.2, 0) is 0 Å². The fourth-order valence-corrected chi connectivity index (χ4v) is 1.38. The Kier molecular flexibility index (Phi) is 2.00. The lowest BCUT2D eigenvalue weighted by molar-refractivity contribution is 0.528. The van der Waals surface area contributed by atoms with E-state index in [1.807, 2.05) is 38.1 Å². The molecular formula is C11H11NO2. The maximum Gasteiger partial charge on any atom is 0.417 e. The average molecular weight is 189 g/mol.